The predicted octanol–water partition coefficient (Wildman–Crippen LogP) is 1.51. The third-order valence-electron chi connectivity index (χ3n) is 4.50. The van der Waals surface area contributed by atoms with E-state index in [0.29, 0.717) is 18.8 Å². The summed E-state index contributed by atoms with van der Waals surface area (Å²) in [7, 11) is -1.49. The molecule has 2 aromatic carbocycles. The van der Waals surface area contributed by atoms with Gasteiger partial charge in [0.2, 0.25) is 10.0 Å². The molecule has 8 nitrogen and oxygen atoms in total. The molecule has 1 fully saturated rings. The van der Waals surface area contributed by atoms with E-state index in [9.17, 15) is 18.5 Å². The van der Waals surface area contributed by atoms with Crippen molar-refractivity contribution in [1.29, 1.82) is 0 Å². The number of nitro groups is 1. The molecule has 1 heterocycles. The number of sulfonamides is 1. The number of likely N-dealkylation sites (N-methyl/N-ethyl adjacent to an activating group) is 1. The van der Waals surface area contributed by atoms with E-state index in [4.69, 9.17) is 11.6 Å². The summed E-state index contributed by atoms with van der Waals surface area (Å²) in [5, 5.41) is 14.4. The molecule has 144 valence electrons. The summed E-state index contributed by atoms with van der Waals surface area (Å²) in [4.78, 5) is 12.2. The second kappa shape index (κ2) is 7.81. The van der Waals surface area contributed by atoms with Crippen LogP contribution in [-0.2, 0) is 10.0 Å². The van der Waals surface area contributed by atoms with Gasteiger partial charge in [0.05, 0.1) is 43.0 Å². The largest absolute Gasteiger partial charge is 0.350 e. The Bertz CT molecular complexity index is 942. The lowest BCUT2D eigenvalue weighted by Crippen LogP contribution is -3.12. The summed E-state index contributed by atoms with van der Waals surface area (Å²) in [6, 6.07) is 10.5. The highest BCUT2D eigenvalue weighted by atomic mass is 35.5. The average Bonchev–Trinajstić information content (AvgIpc) is 2.64. The third-order valence-corrected chi connectivity index (χ3v) is 6.65. The summed E-state index contributed by atoms with van der Waals surface area (Å²) in [6.07, 6.45) is 0. The fourth-order valence-electron chi connectivity index (χ4n) is 2.88. The van der Waals surface area contributed by atoms with Crippen LogP contribution >= 0.6 is 11.6 Å². The molecule has 1 aliphatic heterocycles. The van der Waals surface area contributed by atoms with Gasteiger partial charge in [-0.3, -0.25) is 10.1 Å². The molecule has 27 heavy (non-hydrogen) atoms. The highest BCUT2D eigenvalue weighted by molar-refractivity contribution is 7.89. The Morgan fingerprint density at radius 3 is 2.37 bits per heavy atom. The van der Waals surface area contributed by atoms with Crippen LogP contribution in [0.2, 0.25) is 5.02 Å². The van der Waals surface area contributed by atoms with Crippen molar-refractivity contribution in [3.05, 3.63) is 57.6 Å². The molecule has 1 saturated heterocycles. The lowest BCUT2D eigenvalue weighted by Gasteiger charge is -2.29. The van der Waals surface area contributed by atoms with Crippen molar-refractivity contribution in [2.24, 2.45) is 0 Å². The first-order valence-corrected chi connectivity index (χ1v) is 10.2. The van der Waals surface area contributed by atoms with Crippen LogP contribution < -0.4 is 10.2 Å². The van der Waals surface area contributed by atoms with Gasteiger partial charge in [0, 0.05) is 16.8 Å². The molecule has 0 amide bonds. The van der Waals surface area contributed by atoms with Crippen molar-refractivity contribution in [1.82, 2.24) is 4.31 Å². The predicted molar refractivity (Wildman–Crippen MR) is 103 cm³/mol. The fourth-order valence-corrected chi connectivity index (χ4v) is 4.49. The number of piperazine rings is 1. The normalized spacial score (nSPS) is 16.2. The van der Waals surface area contributed by atoms with Crippen LogP contribution in [-0.4, -0.2) is 50.9 Å². The van der Waals surface area contributed by atoms with Crippen LogP contribution in [0, 0.1) is 10.1 Å². The average molecular weight is 412 g/mol. The molecular weight excluding hydrogens is 392 g/mol. The Morgan fingerprint density at radius 2 is 1.78 bits per heavy atom. The first-order valence-electron chi connectivity index (χ1n) is 8.40. The number of nitrogens with zero attached hydrogens (tertiary/aromatic N) is 2. The maximum Gasteiger partial charge on any atom is 0.294 e. The second-order valence-electron chi connectivity index (χ2n) is 6.43. The standard InChI is InChI=1S/C17H19ClN4O4S/c1-20-8-10-21(11-9-20)27(25,26)15-5-3-14(4-6-15)19-16-7-2-13(18)12-17(16)22(23)24/h2-7,12,19H,8-11H2,1H3/p+1. The van der Waals surface area contributed by atoms with Crippen molar-refractivity contribution < 1.29 is 18.2 Å². The summed E-state index contributed by atoms with van der Waals surface area (Å²) in [5.74, 6) is 0. The van der Waals surface area contributed by atoms with Gasteiger partial charge in [-0.1, -0.05) is 11.6 Å². The quantitative estimate of drug-likeness (QED) is 0.574. The lowest BCUT2D eigenvalue weighted by atomic mass is 10.2. The van der Waals surface area contributed by atoms with E-state index < -0.39 is 14.9 Å². The number of rotatable bonds is 5. The number of halogens is 1. The number of anilines is 2. The molecule has 0 radical (unpaired) electrons. The van der Waals surface area contributed by atoms with Crippen molar-refractivity contribution in [3.8, 4) is 0 Å². The van der Waals surface area contributed by atoms with Crippen LogP contribution in [0.3, 0.4) is 0 Å². The van der Waals surface area contributed by atoms with Crippen LogP contribution in [0.25, 0.3) is 0 Å². The van der Waals surface area contributed by atoms with Crippen LogP contribution in [0.5, 0.6) is 0 Å². The number of quaternary nitrogens is 1. The molecule has 0 unspecified atom stereocenters. The smallest absolute Gasteiger partial charge is 0.294 e. The lowest BCUT2D eigenvalue weighted by molar-refractivity contribution is -0.883. The third kappa shape index (κ3) is 4.38. The molecule has 0 saturated carbocycles. The number of hydrogen-bond acceptors (Lipinski definition) is 5. The Morgan fingerprint density at radius 1 is 1.15 bits per heavy atom. The minimum absolute atomic E-state index is 0.154. The second-order valence-corrected chi connectivity index (χ2v) is 8.80. The van der Waals surface area contributed by atoms with Gasteiger partial charge < -0.3 is 10.2 Å². The van der Waals surface area contributed by atoms with Gasteiger partial charge >= 0.3 is 0 Å². The zero-order chi connectivity index (χ0) is 19.6. The highest BCUT2D eigenvalue weighted by Gasteiger charge is 2.29. The molecule has 0 bridgehead atoms. The summed E-state index contributed by atoms with van der Waals surface area (Å²) < 4.78 is 27.0. The van der Waals surface area contributed by atoms with E-state index in [1.807, 2.05) is 7.05 Å². The van der Waals surface area contributed by atoms with Gasteiger partial charge in [-0.05, 0) is 36.4 Å². The zero-order valence-electron chi connectivity index (χ0n) is 14.7. The van der Waals surface area contributed by atoms with E-state index in [2.05, 4.69) is 5.32 Å². The monoisotopic (exact) mass is 411 g/mol. The van der Waals surface area contributed by atoms with Crippen molar-refractivity contribution in [3.63, 3.8) is 0 Å². The Hall–Kier alpha value is -2.20. The molecule has 1 aliphatic rings. The fraction of sp³-hybridized carbons (Fsp3) is 0.294. The molecule has 0 aromatic heterocycles. The van der Waals surface area contributed by atoms with Crippen molar-refractivity contribution in [2.45, 2.75) is 4.90 Å². The zero-order valence-corrected chi connectivity index (χ0v) is 16.3. The van der Waals surface area contributed by atoms with Gasteiger partial charge in [0.1, 0.15) is 5.69 Å². The summed E-state index contributed by atoms with van der Waals surface area (Å²) in [6.45, 7) is 2.54. The van der Waals surface area contributed by atoms with E-state index in [0.717, 1.165) is 13.1 Å². The summed E-state index contributed by atoms with van der Waals surface area (Å²) in [5.41, 5.74) is 0.670. The van der Waals surface area contributed by atoms with Crippen molar-refractivity contribution in [2.75, 3.05) is 38.5 Å². The molecule has 0 aliphatic carbocycles. The van der Waals surface area contributed by atoms with Crippen LogP contribution in [0.15, 0.2) is 47.4 Å². The topological polar surface area (TPSA) is 97.0 Å². The van der Waals surface area contributed by atoms with Gasteiger partial charge in [0.15, 0.2) is 0 Å². The maximum atomic E-state index is 12.7. The minimum atomic E-state index is -3.54. The van der Waals surface area contributed by atoms with Gasteiger partial charge in [-0.2, -0.15) is 4.31 Å². The number of nitro benzene ring substituents is 1. The van der Waals surface area contributed by atoms with E-state index >= 15 is 0 Å². The Labute approximate surface area is 162 Å². The van der Waals surface area contributed by atoms with E-state index in [1.165, 1.54) is 33.5 Å². The SMILES string of the molecule is C[NH+]1CCN(S(=O)(=O)c2ccc(Nc3ccc(Cl)cc3[N+](=O)[O-])cc2)CC1. The van der Waals surface area contributed by atoms with Crippen molar-refractivity contribution >= 4 is 38.7 Å². The first kappa shape index (κ1) is 19.6. The number of nitrogens with one attached hydrogen (secondary N) is 2. The van der Waals surface area contributed by atoms with E-state index in [1.54, 1.807) is 18.2 Å². The number of hydrogen-bond donors (Lipinski definition) is 2. The molecule has 2 N–H and O–H groups in total. The maximum absolute atomic E-state index is 12.7. The molecule has 3 rings (SSSR count). The first-order chi connectivity index (χ1) is 12.8. The van der Waals surface area contributed by atoms with E-state index in [-0.39, 0.29) is 21.3 Å². The highest BCUT2D eigenvalue weighted by Crippen LogP contribution is 2.30. The molecule has 0 spiro atoms. The Kier molecular flexibility index (Phi) is 5.66. The summed E-state index contributed by atoms with van der Waals surface area (Å²) >= 11 is 5.81. The van der Waals surface area contributed by atoms with Crippen LogP contribution in [0.4, 0.5) is 17.1 Å². The van der Waals surface area contributed by atoms with Gasteiger partial charge in [-0.25, -0.2) is 8.42 Å². The molecule has 0 atom stereocenters. The molecular formula is C17H20ClN4O4S+. The molecule has 2 aromatic rings. The number of benzene rings is 2. The molecule has 10 heteroatoms. The van der Waals surface area contributed by atoms with Gasteiger partial charge in [-0.15, -0.1) is 0 Å². The minimum Gasteiger partial charge on any atom is -0.350 e. The Balaban J connectivity index is 1.79. The van der Waals surface area contributed by atoms with Crippen LogP contribution in [0.1, 0.15) is 0 Å². The van der Waals surface area contributed by atoms with Gasteiger partial charge in [0.25, 0.3) is 5.69 Å².